The van der Waals surface area contributed by atoms with Gasteiger partial charge < -0.3 is 4.74 Å². The topological polar surface area (TPSA) is 116 Å². The maximum absolute atomic E-state index is 12.7. The molecule has 2 atom stereocenters. The average Bonchev–Trinajstić information content (AvgIpc) is 2.66. The number of nitrogens with one attached hydrogen (secondary N) is 1. The van der Waals surface area contributed by atoms with Crippen LogP contribution in [0.5, 0.6) is 0 Å². The number of nitro groups is 1. The van der Waals surface area contributed by atoms with Crippen molar-refractivity contribution < 1.29 is 22.9 Å². The molecule has 0 aliphatic heterocycles. The van der Waals surface area contributed by atoms with Gasteiger partial charge in [-0.25, -0.2) is 13.1 Å². The lowest BCUT2D eigenvalue weighted by Crippen LogP contribution is -2.36. The van der Waals surface area contributed by atoms with Crippen molar-refractivity contribution in [3.8, 4) is 0 Å². The number of benzene rings is 2. The van der Waals surface area contributed by atoms with Crippen LogP contribution in [0.4, 0.5) is 5.69 Å². The number of carbonyl (C=O) groups is 1. The minimum Gasteiger partial charge on any atom is -0.466 e. The highest BCUT2D eigenvalue weighted by molar-refractivity contribution is 7.89. The lowest BCUT2D eigenvalue weighted by Gasteiger charge is -2.24. The van der Waals surface area contributed by atoms with Crippen molar-refractivity contribution in [2.75, 3.05) is 6.61 Å². The first kappa shape index (κ1) is 20.5. The highest BCUT2D eigenvalue weighted by Gasteiger charge is 2.31. The van der Waals surface area contributed by atoms with Gasteiger partial charge in [-0.15, -0.1) is 0 Å². The van der Waals surface area contributed by atoms with Gasteiger partial charge in [0.25, 0.3) is 5.69 Å². The molecule has 2 rings (SSSR count). The molecule has 0 saturated heterocycles. The Morgan fingerprint density at radius 1 is 1.15 bits per heavy atom. The standard InChI is InChI=1S/C18H20N2O6S/c1-3-26-18(21)13(2)17(14-7-5-4-6-8-14)19-27(24,25)16-11-9-15(10-12-16)20(22)23/h4-13,17,19H,3H2,1-2H3/t13-,17-/m1/s1. The molecule has 0 aliphatic carbocycles. The van der Waals surface area contributed by atoms with E-state index in [1.807, 2.05) is 0 Å². The fraction of sp³-hybridized carbons (Fsp3) is 0.278. The molecular formula is C18H20N2O6S. The van der Waals surface area contributed by atoms with E-state index in [1.165, 1.54) is 0 Å². The van der Waals surface area contributed by atoms with Crippen molar-refractivity contribution in [2.24, 2.45) is 5.92 Å². The second kappa shape index (κ2) is 8.74. The zero-order valence-corrected chi connectivity index (χ0v) is 15.7. The Bertz CT molecular complexity index is 897. The van der Waals surface area contributed by atoms with Crippen molar-refractivity contribution >= 4 is 21.7 Å². The molecule has 0 fully saturated rings. The highest BCUT2D eigenvalue weighted by atomic mass is 32.2. The van der Waals surface area contributed by atoms with Gasteiger partial charge in [-0.1, -0.05) is 37.3 Å². The van der Waals surface area contributed by atoms with Crippen molar-refractivity contribution in [3.05, 3.63) is 70.3 Å². The molecule has 0 heterocycles. The lowest BCUT2D eigenvalue weighted by molar-refractivity contribution is -0.384. The van der Waals surface area contributed by atoms with E-state index in [9.17, 15) is 23.3 Å². The molecule has 27 heavy (non-hydrogen) atoms. The van der Waals surface area contributed by atoms with Gasteiger partial charge in [0.05, 0.1) is 28.4 Å². The maximum Gasteiger partial charge on any atom is 0.310 e. The van der Waals surface area contributed by atoms with Crippen LogP contribution in [0.15, 0.2) is 59.5 Å². The zero-order chi connectivity index (χ0) is 20.0. The SMILES string of the molecule is CCOC(=O)[C@H](C)[C@@H](NS(=O)(=O)c1ccc([N+](=O)[O-])cc1)c1ccccc1. The van der Waals surface area contributed by atoms with Crippen LogP contribution < -0.4 is 4.72 Å². The minimum atomic E-state index is -4.02. The summed E-state index contributed by atoms with van der Waals surface area (Å²) in [6.45, 7) is 3.43. The first-order valence-corrected chi connectivity index (χ1v) is 9.73. The third kappa shape index (κ3) is 5.11. The van der Waals surface area contributed by atoms with E-state index in [-0.39, 0.29) is 17.2 Å². The molecule has 0 aromatic heterocycles. The number of nitro benzene ring substituents is 1. The number of nitrogens with zero attached hydrogens (tertiary/aromatic N) is 1. The van der Waals surface area contributed by atoms with Crippen LogP contribution in [0, 0.1) is 16.0 Å². The summed E-state index contributed by atoms with van der Waals surface area (Å²) in [6.07, 6.45) is 0. The smallest absolute Gasteiger partial charge is 0.310 e. The van der Waals surface area contributed by atoms with Crippen LogP contribution in [0.25, 0.3) is 0 Å². The van der Waals surface area contributed by atoms with Gasteiger partial charge in [0.2, 0.25) is 10.0 Å². The van der Waals surface area contributed by atoms with Crippen LogP contribution >= 0.6 is 0 Å². The molecule has 0 unspecified atom stereocenters. The number of sulfonamides is 1. The number of carbonyl (C=O) groups excluding carboxylic acids is 1. The van der Waals surface area contributed by atoms with Crippen LogP contribution in [0.2, 0.25) is 0 Å². The summed E-state index contributed by atoms with van der Waals surface area (Å²) in [5.41, 5.74) is 0.386. The summed E-state index contributed by atoms with van der Waals surface area (Å²) in [5, 5.41) is 10.7. The molecule has 0 bridgehead atoms. The van der Waals surface area contributed by atoms with Crippen LogP contribution in [0.1, 0.15) is 25.5 Å². The summed E-state index contributed by atoms with van der Waals surface area (Å²) < 4.78 is 33.0. The number of esters is 1. The van der Waals surface area contributed by atoms with E-state index in [4.69, 9.17) is 4.74 Å². The van der Waals surface area contributed by atoms with Gasteiger partial charge in [-0.2, -0.15) is 0 Å². The molecular weight excluding hydrogens is 372 g/mol. The Hall–Kier alpha value is -2.78. The molecule has 0 spiro atoms. The first-order chi connectivity index (χ1) is 12.8. The van der Waals surface area contributed by atoms with E-state index in [2.05, 4.69) is 4.72 Å². The Morgan fingerprint density at radius 2 is 1.74 bits per heavy atom. The van der Waals surface area contributed by atoms with Gasteiger partial charge in [0.1, 0.15) is 0 Å². The zero-order valence-electron chi connectivity index (χ0n) is 14.9. The van der Waals surface area contributed by atoms with E-state index in [0.29, 0.717) is 5.56 Å². The van der Waals surface area contributed by atoms with Crippen LogP contribution in [-0.2, 0) is 19.6 Å². The number of ether oxygens (including phenoxy) is 1. The van der Waals surface area contributed by atoms with Gasteiger partial charge in [-0.3, -0.25) is 14.9 Å². The van der Waals surface area contributed by atoms with E-state index < -0.39 is 32.9 Å². The number of hydrogen-bond acceptors (Lipinski definition) is 6. The predicted molar refractivity (Wildman–Crippen MR) is 98.4 cm³/mol. The molecule has 0 amide bonds. The second-order valence-electron chi connectivity index (χ2n) is 5.80. The van der Waals surface area contributed by atoms with Crippen molar-refractivity contribution in [3.63, 3.8) is 0 Å². The highest BCUT2D eigenvalue weighted by Crippen LogP contribution is 2.26. The fourth-order valence-corrected chi connectivity index (χ4v) is 3.82. The fourth-order valence-electron chi connectivity index (χ4n) is 2.51. The Balaban J connectivity index is 2.35. The summed E-state index contributed by atoms with van der Waals surface area (Å²) in [7, 11) is -4.02. The molecule has 8 nitrogen and oxygen atoms in total. The van der Waals surface area contributed by atoms with Gasteiger partial charge in [-0.05, 0) is 24.6 Å². The predicted octanol–water partition coefficient (Wildman–Crippen LogP) is 2.81. The first-order valence-electron chi connectivity index (χ1n) is 8.24. The third-order valence-corrected chi connectivity index (χ3v) is 5.41. The van der Waals surface area contributed by atoms with E-state index >= 15 is 0 Å². The molecule has 1 N–H and O–H groups in total. The lowest BCUT2D eigenvalue weighted by atomic mass is 9.95. The third-order valence-electron chi connectivity index (χ3n) is 3.96. The Labute approximate surface area is 157 Å². The molecule has 0 saturated carbocycles. The minimum absolute atomic E-state index is 0.134. The van der Waals surface area contributed by atoms with E-state index in [0.717, 1.165) is 24.3 Å². The van der Waals surface area contributed by atoms with Gasteiger partial charge in [0, 0.05) is 12.1 Å². The summed E-state index contributed by atoms with van der Waals surface area (Å²) in [6, 6.07) is 12.3. The summed E-state index contributed by atoms with van der Waals surface area (Å²) in [5.74, 6) is -1.31. The van der Waals surface area contributed by atoms with Gasteiger partial charge >= 0.3 is 5.97 Å². The average molecular weight is 392 g/mol. The molecule has 9 heteroatoms. The number of non-ortho nitro benzene ring substituents is 1. The molecule has 0 aliphatic rings. The van der Waals surface area contributed by atoms with E-state index in [1.54, 1.807) is 44.2 Å². The normalized spacial score (nSPS) is 13.6. The molecule has 144 valence electrons. The summed E-state index contributed by atoms with van der Waals surface area (Å²) in [4.78, 5) is 22.2. The van der Waals surface area contributed by atoms with Gasteiger partial charge in [0.15, 0.2) is 0 Å². The Morgan fingerprint density at radius 3 is 2.26 bits per heavy atom. The van der Waals surface area contributed by atoms with Crippen molar-refractivity contribution in [1.29, 1.82) is 0 Å². The molecule has 2 aromatic carbocycles. The quantitative estimate of drug-likeness (QED) is 0.419. The maximum atomic E-state index is 12.7. The van der Waals surface area contributed by atoms with Crippen LogP contribution in [-0.4, -0.2) is 25.9 Å². The number of hydrogen-bond donors (Lipinski definition) is 1. The summed E-state index contributed by atoms with van der Waals surface area (Å²) >= 11 is 0. The molecule has 2 aromatic rings. The van der Waals surface area contributed by atoms with Crippen molar-refractivity contribution in [1.82, 2.24) is 4.72 Å². The van der Waals surface area contributed by atoms with Crippen molar-refractivity contribution in [2.45, 2.75) is 24.8 Å². The molecule has 0 radical (unpaired) electrons. The number of rotatable bonds is 8. The Kier molecular flexibility index (Phi) is 6.65. The largest absolute Gasteiger partial charge is 0.466 e. The monoisotopic (exact) mass is 392 g/mol. The van der Waals surface area contributed by atoms with Crippen LogP contribution in [0.3, 0.4) is 0 Å². The second-order valence-corrected chi connectivity index (χ2v) is 7.52.